The van der Waals surface area contributed by atoms with Crippen molar-refractivity contribution in [1.82, 2.24) is 10.2 Å². The highest BCUT2D eigenvalue weighted by Crippen LogP contribution is 2.50. The molecule has 1 aromatic rings. The Bertz CT molecular complexity index is 732. The molecule has 1 saturated carbocycles. The summed E-state index contributed by atoms with van der Waals surface area (Å²) in [5.74, 6) is -4.25. The van der Waals surface area contributed by atoms with Crippen LogP contribution < -0.4 is 5.32 Å². The van der Waals surface area contributed by atoms with Gasteiger partial charge < -0.3 is 10.2 Å². The van der Waals surface area contributed by atoms with E-state index >= 15 is 0 Å². The summed E-state index contributed by atoms with van der Waals surface area (Å²) in [4.78, 5) is 14.1. The van der Waals surface area contributed by atoms with Gasteiger partial charge in [0.05, 0.1) is 0 Å². The van der Waals surface area contributed by atoms with Crippen LogP contribution in [0.15, 0.2) is 12.1 Å². The highest BCUT2D eigenvalue weighted by molar-refractivity contribution is 5.83. The second-order valence-corrected chi connectivity index (χ2v) is 9.13. The van der Waals surface area contributed by atoms with E-state index in [-0.39, 0.29) is 17.7 Å². The van der Waals surface area contributed by atoms with Crippen LogP contribution in [0.5, 0.6) is 0 Å². The Morgan fingerprint density at radius 1 is 1.31 bits per heavy atom. The van der Waals surface area contributed by atoms with E-state index in [0.29, 0.717) is 19.1 Å². The average molecular weight is 362 g/mol. The normalized spacial score (nSPS) is 27.3. The first-order chi connectivity index (χ1) is 12.2. The number of hydrogen-bond acceptors (Lipinski definition) is 2. The Morgan fingerprint density at radius 3 is 2.62 bits per heavy atom. The lowest BCUT2D eigenvalue weighted by molar-refractivity contribution is -0.135. The Hall–Kier alpha value is -1.49. The molecule has 0 radical (unpaired) electrons. The maximum absolute atomic E-state index is 13.3. The molecule has 26 heavy (non-hydrogen) atoms. The number of carbonyl (C=O) groups excluding carboxylic acids is 1. The summed E-state index contributed by atoms with van der Waals surface area (Å²) in [6.07, 6.45) is 2.71. The van der Waals surface area contributed by atoms with Crippen molar-refractivity contribution in [3.63, 3.8) is 0 Å². The van der Waals surface area contributed by atoms with E-state index in [9.17, 15) is 13.6 Å². The molecule has 1 aromatic carbocycles. The topological polar surface area (TPSA) is 32.3 Å². The summed E-state index contributed by atoms with van der Waals surface area (Å²) in [6.45, 7) is 8.68. The lowest BCUT2D eigenvalue weighted by Crippen LogP contribution is -2.39. The van der Waals surface area contributed by atoms with Crippen molar-refractivity contribution < 1.29 is 13.6 Å². The number of amides is 1. The van der Waals surface area contributed by atoms with E-state index in [4.69, 9.17) is 0 Å². The number of rotatable bonds is 2. The van der Waals surface area contributed by atoms with Gasteiger partial charge in [0.25, 0.3) is 5.92 Å². The van der Waals surface area contributed by atoms with Crippen molar-refractivity contribution in [2.75, 3.05) is 13.1 Å². The van der Waals surface area contributed by atoms with E-state index in [1.807, 2.05) is 0 Å². The van der Waals surface area contributed by atoms with Crippen molar-refractivity contribution in [3.8, 4) is 0 Å². The van der Waals surface area contributed by atoms with Gasteiger partial charge in [-0.1, -0.05) is 32.9 Å². The van der Waals surface area contributed by atoms with Crippen LogP contribution in [0.4, 0.5) is 8.78 Å². The number of hydrogen-bond donors (Lipinski definition) is 1. The van der Waals surface area contributed by atoms with Gasteiger partial charge in [-0.05, 0) is 53.5 Å². The Labute approximate surface area is 154 Å². The molecule has 0 bridgehead atoms. The molecule has 0 spiro atoms. The predicted molar refractivity (Wildman–Crippen MR) is 97.3 cm³/mol. The first-order valence-electron chi connectivity index (χ1n) is 9.73. The standard InChI is InChI=1S/C21H28F2N2O/c1-20(2,3)14-9-13-6-8-25(19(26)17-11-21(17,22)23)12-16(13)15(10-14)18-5-4-7-24-18/h9-10,17-18,24H,4-8,11-12H2,1-3H3/t17?,18-/m0/s1. The minimum atomic E-state index is -2.79. The number of nitrogens with zero attached hydrogens (tertiary/aromatic N) is 1. The van der Waals surface area contributed by atoms with Gasteiger partial charge in [-0.15, -0.1) is 0 Å². The third-order valence-corrected chi connectivity index (χ3v) is 6.11. The number of alkyl halides is 2. The van der Waals surface area contributed by atoms with Crippen LogP contribution in [0, 0.1) is 5.92 Å². The fourth-order valence-corrected chi connectivity index (χ4v) is 4.28. The summed E-state index contributed by atoms with van der Waals surface area (Å²) in [5.41, 5.74) is 5.11. The van der Waals surface area contributed by atoms with Gasteiger partial charge in [0.15, 0.2) is 0 Å². The summed E-state index contributed by atoms with van der Waals surface area (Å²) >= 11 is 0. The number of benzene rings is 1. The van der Waals surface area contributed by atoms with Gasteiger partial charge >= 0.3 is 0 Å². The van der Waals surface area contributed by atoms with Crippen molar-refractivity contribution in [2.45, 2.75) is 70.4 Å². The van der Waals surface area contributed by atoms with Gasteiger partial charge in [-0.25, -0.2) is 8.78 Å². The highest BCUT2D eigenvalue weighted by atomic mass is 19.3. The molecule has 4 rings (SSSR count). The average Bonchev–Trinajstić information content (AvgIpc) is 2.99. The maximum atomic E-state index is 13.3. The quantitative estimate of drug-likeness (QED) is 0.864. The third kappa shape index (κ3) is 3.15. The summed E-state index contributed by atoms with van der Waals surface area (Å²) < 4.78 is 26.7. The van der Waals surface area contributed by atoms with Crippen LogP contribution in [-0.2, 0) is 23.2 Å². The molecule has 1 saturated heterocycles. The lowest BCUT2D eigenvalue weighted by atomic mass is 9.80. The largest absolute Gasteiger partial charge is 0.338 e. The van der Waals surface area contributed by atoms with Gasteiger partial charge in [-0.2, -0.15) is 0 Å². The zero-order chi connectivity index (χ0) is 18.7. The molecule has 1 unspecified atom stereocenters. The minimum Gasteiger partial charge on any atom is -0.338 e. The third-order valence-electron chi connectivity index (χ3n) is 6.11. The van der Waals surface area contributed by atoms with Gasteiger partial charge in [0, 0.05) is 25.6 Å². The first kappa shape index (κ1) is 17.9. The number of fused-ring (bicyclic) bond motifs is 1. The number of carbonyl (C=O) groups is 1. The van der Waals surface area contributed by atoms with Crippen molar-refractivity contribution in [1.29, 1.82) is 0 Å². The molecule has 1 amide bonds. The molecule has 2 heterocycles. The fourth-order valence-electron chi connectivity index (χ4n) is 4.28. The first-order valence-corrected chi connectivity index (χ1v) is 9.73. The van der Waals surface area contributed by atoms with Crippen LogP contribution in [0.1, 0.15) is 68.3 Å². The summed E-state index contributed by atoms with van der Waals surface area (Å²) in [5, 5.41) is 3.57. The van der Waals surface area contributed by atoms with E-state index in [1.54, 1.807) is 4.90 Å². The highest BCUT2D eigenvalue weighted by Gasteiger charge is 2.62. The van der Waals surface area contributed by atoms with E-state index in [0.717, 1.165) is 25.8 Å². The van der Waals surface area contributed by atoms with Crippen molar-refractivity contribution >= 4 is 5.91 Å². The van der Waals surface area contributed by atoms with Crippen LogP contribution in [0.25, 0.3) is 0 Å². The molecule has 5 heteroatoms. The van der Waals surface area contributed by atoms with Gasteiger partial charge in [-0.3, -0.25) is 4.79 Å². The van der Waals surface area contributed by atoms with Crippen molar-refractivity contribution in [2.24, 2.45) is 5.92 Å². The smallest absolute Gasteiger partial charge is 0.260 e. The Kier molecular flexibility index (Phi) is 4.14. The van der Waals surface area contributed by atoms with E-state index in [1.165, 1.54) is 22.3 Å². The monoisotopic (exact) mass is 362 g/mol. The molecular weight excluding hydrogens is 334 g/mol. The molecule has 1 N–H and O–H groups in total. The molecule has 3 aliphatic rings. The summed E-state index contributed by atoms with van der Waals surface area (Å²) in [6, 6.07) is 4.85. The molecule has 0 aromatic heterocycles. The fraction of sp³-hybridized carbons (Fsp3) is 0.667. The lowest BCUT2D eigenvalue weighted by Gasteiger charge is -2.34. The van der Waals surface area contributed by atoms with Gasteiger partial charge in [0.1, 0.15) is 5.92 Å². The second kappa shape index (κ2) is 6.01. The number of nitrogens with one attached hydrogen (secondary N) is 1. The molecule has 2 fully saturated rings. The van der Waals surface area contributed by atoms with Crippen molar-refractivity contribution in [3.05, 3.63) is 34.4 Å². The number of halogens is 2. The zero-order valence-electron chi connectivity index (χ0n) is 15.9. The molecule has 3 nitrogen and oxygen atoms in total. The molecule has 2 aliphatic heterocycles. The zero-order valence-corrected chi connectivity index (χ0v) is 15.9. The summed E-state index contributed by atoms with van der Waals surface area (Å²) in [7, 11) is 0. The van der Waals surface area contributed by atoms with Crippen LogP contribution in [0.3, 0.4) is 0 Å². The Morgan fingerprint density at radius 2 is 2.04 bits per heavy atom. The molecule has 2 atom stereocenters. The van der Waals surface area contributed by atoms with Crippen LogP contribution in [-0.4, -0.2) is 29.8 Å². The molecular formula is C21H28F2N2O. The second-order valence-electron chi connectivity index (χ2n) is 9.13. The van der Waals surface area contributed by atoms with E-state index in [2.05, 4.69) is 38.2 Å². The molecule has 142 valence electrons. The van der Waals surface area contributed by atoms with E-state index < -0.39 is 11.8 Å². The predicted octanol–water partition coefficient (Wildman–Crippen LogP) is 3.95. The minimum absolute atomic E-state index is 0.0609. The van der Waals surface area contributed by atoms with Crippen LogP contribution in [0.2, 0.25) is 0 Å². The van der Waals surface area contributed by atoms with Crippen LogP contribution >= 0.6 is 0 Å². The Balaban J connectivity index is 1.67. The maximum Gasteiger partial charge on any atom is 0.260 e. The molecule has 1 aliphatic carbocycles. The SMILES string of the molecule is CC(C)(C)c1cc2c(c([C@@H]3CCCN3)c1)CN(C(=O)C1CC1(F)F)CC2. The van der Waals surface area contributed by atoms with Gasteiger partial charge in [0.2, 0.25) is 5.91 Å².